The average molecular weight is 452 g/mol. The Morgan fingerprint density at radius 2 is 1.81 bits per heavy atom. The summed E-state index contributed by atoms with van der Waals surface area (Å²) in [7, 11) is -2.43. The predicted molar refractivity (Wildman–Crippen MR) is 119 cm³/mol. The zero-order valence-corrected chi connectivity index (χ0v) is 19.3. The number of sulfonamides is 1. The highest BCUT2D eigenvalue weighted by Crippen LogP contribution is 2.20. The molecule has 1 fully saturated rings. The van der Waals surface area contributed by atoms with E-state index >= 15 is 0 Å². The van der Waals surface area contributed by atoms with Crippen molar-refractivity contribution in [3.8, 4) is 0 Å². The Morgan fingerprint density at radius 3 is 2.45 bits per heavy atom. The van der Waals surface area contributed by atoms with Crippen LogP contribution in [-0.2, 0) is 21.9 Å². The second kappa shape index (κ2) is 9.99. The zero-order chi connectivity index (χ0) is 22.6. The Labute approximate surface area is 183 Å². The number of rotatable bonds is 7. The van der Waals surface area contributed by atoms with E-state index < -0.39 is 21.8 Å². The maximum atomic E-state index is 13.0. The lowest BCUT2D eigenvalue weighted by atomic mass is 9.96. The van der Waals surface area contributed by atoms with Crippen molar-refractivity contribution in [2.45, 2.75) is 82.2 Å². The standard InChI is InChI=1S/C22H33N3O5S/c1-15(2)13-18(21(26)23-16-9-7-5-4-6-8-10-16)24-31(28,29)17-11-12-19-20(14-17)30-22(27)25(19)3/h11-12,14-16,18,24H,4-10,13H2,1-3H3,(H,23,26)/t18-/m1/s1. The SMILES string of the molecule is CC(C)C[C@@H](NS(=O)(=O)c1ccc2c(c1)oc(=O)n2C)C(=O)NC1CCCCCCC1. The van der Waals surface area contributed by atoms with Crippen LogP contribution in [-0.4, -0.2) is 31.0 Å². The van der Waals surface area contributed by atoms with E-state index in [1.165, 1.54) is 42.0 Å². The van der Waals surface area contributed by atoms with Gasteiger partial charge in [-0.05, 0) is 37.3 Å². The number of carbonyl (C=O) groups is 1. The van der Waals surface area contributed by atoms with Crippen molar-refractivity contribution in [3.63, 3.8) is 0 Å². The van der Waals surface area contributed by atoms with Crippen LogP contribution in [0.1, 0.15) is 65.2 Å². The van der Waals surface area contributed by atoms with E-state index in [2.05, 4.69) is 10.0 Å². The number of aromatic nitrogens is 1. The van der Waals surface area contributed by atoms with Crippen LogP contribution >= 0.6 is 0 Å². The summed E-state index contributed by atoms with van der Waals surface area (Å²) in [5, 5.41) is 3.08. The number of nitrogens with one attached hydrogen (secondary N) is 2. The fourth-order valence-corrected chi connectivity index (χ4v) is 5.34. The summed E-state index contributed by atoms with van der Waals surface area (Å²) < 4.78 is 35.1. The summed E-state index contributed by atoms with van der Waals surface area (Å²) >= 11 is 0. The Hall–Kier alpha value is -2.13. The van der Waals surface area contributed by atoms with Crippen LogP contribution in [0.2, 0.25) is 0 Å². The predicted octanol–water partition coefficient (Wildman–Crippen LogP) is 3.05. The van der Waals surface area contributed by atoms with E-state index in [4.69, 9.17) is 4.42 Å². The molecule has 0 bridgehead atoms. The van der Waals surface area contributed by atoms with E-state index in [0.29, 0.717) is 11.9 Å². The van der Waals surface area contributed by atoms with Crippen LogP contribution in [0.15, 0.2) is 32.3 Å². The molecule has 2 N–H and O–H groups in total. The molecular formula is C22H33N3O5S. The summed E-state index contributed by atoms with van der Waals surface area (Å²) in [5.74, 6) is -0.714. The second-order valence-corrected chi connectivity index (χ2v) is 10.6. The molecule has 172 valence electrons. The van der Waals surface area contributed by atoms with Crippen molar-refractivity contribution in [1.29, 1.82) is 0 Å². The van der Waals surface area contributed by atoms with Crippen molar-refractivity contribution < 1.29 is 17.6 Å². The van der Waals surface area contributed by atoms with Gasteiger partial charge in [-0.15, -0.1) is 0 Å². The summed E-state index contributed by atoms with van der Waals surface area (Å²) in [6.07, 6.45) is 7.98. The Morgan fingerprint density at radius 1 is 1.16 bits per heavy atom. The lowest BCUT2D eigenvalue weighted by molar-refractivity contribution is -0.123. The molecule has 1 amide bonds. The van der Waals surface area contributed by atoms with Crippen molar-refractivity contribution in [3.05, 3.63) is 28.7 Å². The molecule has 9 heteroatoms. The van der Waals surface area contributed by atoms with Gasteiger partial charge in [0.1, 0.15) is 6.04 Å². The van der Waals surface area contributed by atoms with Crippen LogP contribution in [0.4, 0.5) is 0 Å². The maximum Gasteiger partial charge on any atom is 0.419 e. The van der Waals surface area contributed by atoms with Crippen LogP contribution in [0.25, 0.3) is 11.1 Å². The molecule has 1 heterocycles. The highest BCUT2D eigenvalue weighted by atomic mass is 32.2. The normalized spacial score (nSPS) is 17.4. The summed E-state index contributed by atoms with van der Waals surface area (Å²) in [5.41, 5.74) is 0.694. The summed E-state index contributed by atoms with van der Waals surface area (Å²) in [6.45, 7) is 3.91. The fourth-order valence-electron chi connectivity index (χ4n) is 4.12. The van der Waals surface area contributed by atoms with Crippen LogP contribution in [0.3, 0.4) is 0 Å². The quantitative estimate of drug-likeness (QED) is 0.672. The molecule has 0 aliphatic heterocycles. The molecule has 8 nitrogen and oxygen atoms in total. The number of hydrogen-bond donors (Lipinski definition) is 2. The molecule has 0 spiro atoms. The highest BCUT2D eigenvalue weighted by molar-refractivity contribution is 7.89. The maximum absolute atomic E-state index is 13.0. The molecule has 31 heavy (non-hydrogen) atoms. The smallest absolute Gasteiger partial charge is 0.408 e. The van der Waals surface area contributed by atoms with Gasteiger partial charge >= 0.3 is 5.76 Å². The molecule has 0 unspecified atom stereocenters. The second-order valence-electron chi connectivity index (χ2n) is 8.91. The van der Waals surface area contributed by atoms with Crippen molar-refractivity contribution in [2.24, 2.45) is 13.0 Å². The first-order valence-corrected chi connectivity index (χ1v) is 12.6. The molecule has 0 radical (unpaired) electrons. The molecule has 1 aromatic heterocycles. The van der Waals surface area contributed by atoms with Gasteiger partial charge in [0.05, 0.1) is 10.4 Å². The number of nitrogens with zero attached hydrogens (tertiary/aromatic N) is 1. The van der Waals surface area contributed by atoms with E-state index in [-0.39, 0.29) is 28.3 Å². The number of carbonyl (C=O) groups excluding carboxylic acids is 1. The Balaban J connectivity index is 1.78. The van der Waals surface area contributed by atoms with Gasteiger partial charge in [0.25, 0.3) is 0 Å². The molecule has 1 atom stereocenters. The van der Waals surface area contributed by atoms with Gasteiger partial charge in [-0.3, -0.25) is 9.36 Å². The monoisotopic (exact) mass is 451 g/mol. The van der Waals surface area contributed by atoms with Gasteiger partial charge in [0.2, 0.25) is 15.9 Å². The van der Waals surface area contributed by atoms with Crippen LogP contribution < -0.4 is 15.8 Å². The highest BCUT2D eigenvalue weighted by Gasteiger charge is 2.28. The first-order chi connectivity index (χ1) is 14.7. The number of fused-ring (bicyclic) bond motifs is 1. The van der Waals surface area contributed by atoms with Crippen LogP contribution in [0, 0.1) is 5.92 Å². The molecule has 1 aliphatic rings. The lowest BCUT2D eigenvalue weighted by Gasteiger charge is -2.25. The topological polar surface area (TPSA) is 110 Å². The summed E-state index contributed by atoms with van der Waals surface area (Å²) in [4.78, 5) is 24.7. The van der Waals surface area contributed by atoms with Gasteiger partial charge in [-0.1, -0.05) is 46.0 Å². The lowest BCUT2D eigenvalue weighted by Crippen LogP contribution is -2.50. The van der Waals surface area contributed by atoms with Gasteiger partial charge in [-0.25, -0.2) is 13.2 Å². The minimum Gasteiger partial charge on any atom is -0.408 e. The van der Waals surface area contributed by atoms with Crippen molar-refractivity contribution in [1.82, 2.24) is 14.6 Å². The van der Waals surface area contributed by atoms with E-state index in [1.54, 1.807) is 7.05 Å². The number of amides is 1. The van der Waals surface area contributed by atoms with E-state index in [1.807, 2.05) is 13.8 Å². The van der Waals surface area contributed by atoms with E-state index in [0.717, 1.165) is 25.7 Å². The number of aryl methyl sites for hydroxylation is 1. The van der Waals surface area contributed by atoms with Gasteiger partial charge in [0, 0.05) is 19.2 Å². The first-order valence-electron chi connectivity index (χ1n) is 11.1. The van der Waals surface area contributed by atoms with Gasteiger partial charge < -0.3 is 9.73 Å². The third-order valence-electron chi connectivity index (χ3n) is 5.85. The summed E-state index contributed by atoms with van der Waals surface area (Å²) in [6, 6.07) is 3.48. The fraction of sp³-hybridized carbons (Fsp3) is 0.636. The Kier molecular flexibility index (Phi) is 7.59. The zero-order valence-electron chi connectivity index (χ0n) is 18.5. The molecule has 2 aromatic rings. The average Bonchev–Trinajstić information content (AvgIpc) is 2.96. The minimum absolute atomic E-state index is 0.0399. The van der Waals surface area contributed by atoms with Crippen LogP contribution in [0.5, 0.6) is 0 Å². The molecule has 1 aromatic carbocycles. The van der Waals surface area contributed by atoms with E-state index in [9.17, 15) is 18.0 Å². The first kappa shape index (κ1) is 23.5. The van der Waals surface area contributed by atoms with Gasteiger partial charge in [0.15, 0.2) is 5.58 Å². The number of benzene rings is 1. The molecule has 0 saturated heterocycles. The third kappa shape index (κ3) is 5.98. The molecule has 1 aliphatic carbocycles. The number of hydrogen-bond acceptors (Lipinski definition) is 5. The van der Waals surface area contributed by atoms with Crippen molar-refractivity contribution in [2.75, 3.05) is 0 Å². The molecular weight excluding hydrogens is 418 g/mol. The van der Waals surface area contributed by atoms with Crippen molar-refractivity contribution >= 4 is 27.0 Å². The van der Waals surface area contributed by atoms with Gasteiger partial charge in [-0.2, -0.15) is 4.72 Å². The minimum atomic E-state index is -3.98. The molecule has 3 rings (SSSR count). The Bertz CT molecular complexity index is 1060. The number of oxazole rings is 1. The third-order valence-corrected chi connectivity index (χ3v) is 7.32. The molecule has 1 saturated carbocycles. The largest absolute Gasteiger partial charge is 0.419 e.